The van der Waals surface area contributed by atoms with Gasteiger partial charge in [-0.1, -0.05) is 29.5 Å². The van der Waals surface area contributed by atoms with Crippen molar-refractivity contribution in [2.75, 3.05) is 49.1 Å². The first kappa shape index (κ1) is 21.2. The van der Waals surface area contributed by atoms with Gasteiger partial charge in [-0.15, -0.1) is 0 Å². The molecule has 2 saturated heterocycles. The maximum atomic E-state index is 14.0. The van der Waals surface area contributed by atoms with Crippen molar-refractivity contribution in [3.8, 4) is 0 Å². The minimum atomic E-state index is -0.268. The molecule has 0 N–H and O–H groups in total. The number of carbonyl (C=O) groups excluding carboxylic acids is 1. The molecule has 2 aliphatic heterocycles. The van der Waals surface area contributed by atoms with E-state index in [1.165, 1.54) is 34.2 Å². The highest BCUT2D eigenvalue weighted by Crippen LogP contribution is 2.33. The van der Waals surface area contributed by atoms with E-state index in [0.29, 0.717) is 11.4 Å². The number of fused-ring (bicyclic) bond motifs is 1. The standard InChI is InChI=1S/C25H29FN4OS/c1-17-6-7-18(2)21(16-17)28-12-14-29(15-13-28)24(31)19-8-10-30(11-9-19)25-27-23-20(26)4-3-5-22(23)32-25/h3-7,16,19H,8-15H2,1-2H3. The van der Waals surface area contributed by atoms with Crippen LogP contribution >= 0.6 is 11.3 Å². The highest BCUT2D eigenvalue weighted by Gasteiger charge is 2.31. The van der Waals surface area contributed by atoms with E-state index in [2.05, 4.69) is 51.7 Å². The van der Waals surface area contributed by atoms with Gasteiger partial charge in [0, 0.05) is 50.9 Å². The lowest BCUT2D eigenvalue weighted by molar-refractivity contribution is -0.136. The highest BCUT2D eigenvalue weighted by atomic mass is 32.1. The molecule has 3 heterocycles. The number of rotatable bonds is 3. The fraction of sp³-hybridized carbons (Fsp3) is 0.440. The monoisotopic (exact) mass is 452 g/mol. The molecule has 2 aromatic carbocycles. The van der Waals surface area contributed by atoms with Crippen molar-refractivity contribution < 1.29 is 9.18 Å². The zero-order chi connectivity index (χ0) is 22.2. The number of anilines is 2. The lowest BCUT2D eigenvalue weighted by Crippen LogP contribution is -2.51. The summed E-state index contributed by atoms with van der Waals surface area (Å²) >= 11 is 1.53. The number of hydrogen-bond donors (Lipinski definition) is 0. The number of aromatic nitrogens is 1. The first-order valence-corrected chi connectivity index (χ1v) is 12.2. The largest absolute Gasteiger partial charge is 0.368 e. The van der Waals surface area contributed by atoms with Crippen LogP contribution in [0.1, 0.15) is 24.0 Å². The van der Waals surface area contributed by atoms with E-state index in [1.54, 1.807) is 6.07 Å². The number of halogens is 1. The van der Waals surface area contributed by atoms with Gasteiger partial charge in [-0.3, -0.25) is 4.79 Å². The Morgan fingerprint density at radius 1 is 1.00 bits per heavy atom. The molecule has 5 rings (SSSR count). The zero-order valence-electron chi connectivity index (χ0n) is 18.7. The molecule has 0 unspecified atom stereocenters. The summed E-state index contributed by atoms with van der Waals surface area (Å²) in [4.78, 5) is 24.3. The predicted molar refractivity (Wildman–Crippen MR) is 129 cm³/mol. The predicted octanol–water partition coefficient (Wildman–Crippen LogP) is 4.62. The third-order valence-electron chi connectivity index (χ3n) is 6.77. The number of carbonyl (C=O) groups is 1. The molecular weight excluding hydrogens is 423 g/mol. The number of aryl methyl sites for hydroxylation is 2. The van der Waals surface area contributed by atoms with E-state index in [0.717, 1.165) is 61.9 Å². The normalized spacial score (nSPS) is 17.9. The number of para-hydroxylation sites is 1. The van der Waals surface area contributed by atoms with Crippen LogP contribution in [0.4, 0.5) is 15.2 Å². The number of nitrogens with zero attached hydrogens (tertiary/aromatic N) is 4. The van der Waals surface area contributed by atoms with Crippen molar-refractivity contribution in [3.05, 3.63) is 53.3 Å². The summed E-state index contributed by atoms with van der Waals surface area (Å²) in [6.07, 6.45) is 1.66. The van der Waals surface area contributed by atoms with Crippen LogP contribution in [0, 0.1) is 25.6 Å². The van der Waals surface area contributed by atoms with Crippen molar-refractivity contribution in [1.82, 2.24) is 9.88 Å². The van der Waals surface area contributed by atoms with Gasteiger partial charge in [0.2, 0.25) is 5.91 Å². The number of piperidine rings is 1. The lowest BCUT2D eigenvalue weighted by Gasteiger charge is -2.39. The topological polar surface area (TPSA) is 39.7 Å². The average molecular weight is 453 g/mol. The number of hydrogen-bond acceptors (Lipinski definition) is 5. The van der Waals surface area contributed by atoms with Gasteiger partial charge in [0.05, 0.1) is 4.70 Å². The van der Waals surface area contributed by atoms with Gasteiger partial charge in [-0.25, -0.2) is 9.37 Å². The van der Waals surface area contributed by atoms with Crippen LogP contribution < -0.4 is 9.80 Å². The summed E-state index contributed by atoms with van der Waals surface area (Å²) in [7, 11) is 0. The Morgan fingerprint density at radius 2 is 1.75 bits per heavy atom. The molecule has 0 bridgehead atoms. The fourth-order valence-corrected chi connectivity index (χ4v) is 5.87. The van der Waals surface area contributed by atoms with Crippen molar-refractivity contribution in [3.63, 3.8) is 0 Å². The summed E-state index contributed by atoms with van der Waals surface area (Å²) in [5, 5.41) is 0.859. The molecule has 1 amide bonds. The second kappa shape index (κ2) is 8.70. The van der Waals surface area contributed by atoms with E-state index in [4.69, 9.17) is 0 Å². The van der Waals surface area contributed by atoms with Gasteiger partial charge in [-0.2, -0.15) is 0 Å². The summed E-state index contributed by atoms with van der Waals surface area (Å²) < 4.78 is 14.9. The third kappa shape index (κ3) is 4.06. The van der Waals surface area contributed by atoms with E-state index in [-0.39, 0.29) is 11.7 Å². The Morgan fingerprint density at radius 3 is 2.47 bits per heavy atom. The first-order chi connectivity index (χ1) is 15.5. The maximum absolute atomic E-state index is 14.0. The Hall–Kier alpha value is -2.67. The van der Waals surface area contributed by atoms with E-state index < -0.39 is 0 Å². The van der Waals surface area contributed by atoms with Crippen LogP contribution in [0.15, 0.2) is 36.4 Å². The molecule has 168 valence electrons. The Kier molecular flexibility index (Phi) is 5.76. The summed E-state index contributed by atoms with van der Waals surface area (Å²) in [6, 6.07) is 11.7. The molecule has 0 radical (unpaired) electrons. The molecule has 0 aliphatic carbocycles. The molecule has 0 atom stereocenters. The maximum Gasteiger partial charge on any atom is 0.225 e. The van der Waals surface area contributed by atoms with E-state index >= 15 is 0 Å². The van der Waals surface area contributed by atoms with Gasteiger partial charge < -0.3 is 14.7 Å². The van der Waals surface area contributed by atoms with Crippen molar-refractivity contribution in [2.24, 2.45) is 5.92 Å². The molecule has 32 heavy (non-hydrogen) atoms. The van der Waals surface area contributed by atoms with E-state index in [9.17, 15) is 9.18 Å². The second-order valence-electron chi connectivity index (χ2n) is 8.95. The van der Waals surface area contributed by atoms with Gasteiger partial charge in [0.1, 0.15) is 11.3 Å². The molecular formula is C25H29FN4OS. The lowest BCUT2D eigenvalue weighted by atomic mass is 9.95. The highest BCUT2D eigenvalue weighted by molar-refractivity contribution is 7.22. The van der Waals surface area contributed by atoms with Crippen LogP contribution in [-0.4, -0.2) is 55.1 Å². The molecule has 0 saturated carbocycles. The van der Waals surface area contributed by atoms with Crippen molar-refractivity contribution in [2.45, 2.75) is 26.7 Å². The minimum Gasteiger partial charge on any atom is -0.368 e. The summed E-state index contributed by atoms with van der Waals surface area (Å²) in [5.41, 5.74) is 4.30. The Labute approximate surface area is 192 Å². The zero-order valence-corrected chi connectivity index (χ0v) is 19.5. The van der Waals surface area contributed by atoms with Gasteiger partial charge in [0.25, 0.3) is 0 Å². The molecule has 2 fully saturated rings. The minimum absolute atomic E-state index is 0.0737. The summed E-state index contributed by atoms with van der Waals surface area (Å²) in [5.74, 6) is 0.0975. The smallest absolute Gasteiger partial charge is 0.225 e. The van der Waals surface area contributed by atoms with Crippen molar-refractivity contribution in [1.29, 1.82) is 0 Å². The molecule has 3 aromatic rings. The molecule has 5 nitrogen and oxygen atoms in total. The number of amides is 1. The molecule has 1 aromatic heterocycles. The molecule has 7 heteroatoms. The second-order valence-corrected chi connectivity index (χ2v) is 9.96. The van der Waals surface area contributed by atoms with Gasteiger partial charge in [0.15, 0.2) is 5.13 Å². The number of benzene rings is 2. The Bertz CT molecular complexity index is 1130. The van der Waals surface area contributed by atoms with Crippen molar-refractivity contribution >= 4 is 38.3 Å². The number of piperazine rings is 1. The third-order valence-corrected chi connectivity index (χ3v) is 7.85. The van der Waals surface area contributed by atoms with Gasteiger partial charge >= 0.3 is 0 Å². The molecule has 2 aliphatic rings. The fourth-order valence-electron chi connectivity index (χ4n) is 4.84. The van der Waals surface area contributed by atoms with Crippen LogP contribution in [0.2, 0.25) is 0 Å². The number of thiazole rings is 1. The summed E-state index contributed by atoms with van der Waals surface area (Å²) in [6.45, 7) is 9.19. The van der Waals surface area contributed by atoms with Crippen LogP contribution in [-0.2, 0) is 4.79 Å². The Balaban J connectivity index is 1.17. The molecule has 0 spiro atoms. The first-order valence-electron chi connectivity index (χ1n) is 11.4. The van der Waals surface area contributed by atoms with Gasteiger partial charge in [-0.05, 0) is 56.0 Å². The quantitative estimate of drug-likeness (QED) is 0.582. The van der Waals surface area contributed by atoms with Crippen LogP contribution in [0.5, 0.6) is 0 Å². The average Bonchev–Trinajstić information content (AvgIpc) is 3.26. The van der Waals surface area contributed by atoms with Crippen LogP contribution in [0.25, 0.3) is 10.2 Å². The van der Waals surface area contributed by atoms with E-state index in [1.807, 2.05) is 6.07 Å². The SMILES string of the molecule is Cc1ccc(C)c(N2CCN(C(=O)C3CCN(c4nc5c(F)cccc5s4)CC3)CC2)c1. The van der Waals surface area contributed by atoms with Crippen LogP contribution in [0.3, 0.4) is 0 Å².